The van der Waals surface area contributed by atoms with E-state index in [0.717, 1.165) is 0 Å². The van der Waals surface area contributed by atoms with Gasteiger partial charge in [0.25, 0.3) is 0 Å². The monoisotopic (exact) mass is 987 g/mol. The molecule has 0 aromatic heterocycles. The molecule has 1 aromatic rings. The Labute approximate surface area is 437 Å². The first-order chi connectivity index (χ1) is 33.3. The standard InChI is InChI=1S/C64H122S3/c1-5-9-13-16-19-22-25-28-31-34-37-40-43-46-49-52-56-65-62-59-61(55-12-8-4)60-63(66-57-53-50-47-44-41-38-35-32-29-26-23-20-17-14-10-6-2)64(62)67-58-54-51-48-45-42-39-36-33-30-27-24-21-18-15-11-7-3/h59-60H,5-58H2,1-4H3. The number of benzene rings is 1. The van der Waals surface area contributed by atoms with Gasteiger partial charge in [0.1, 0.15) is 0 Å². The van der Waals surface area contributed by atoms with Crippen molar-refractivity contribution in [1.82, 2.24) is 0 Å². The fourth-order valence-electron chi connectivity index (χ4n) is 10.0. The van der Waals surface area contributed by atoms with Gasteiger partial charge in [-0.05, 0) is 67.1 Å². The highest BCUT2D eigenvalue weighted by Gasteiger charge is 2.14. The van der Waals surface area contributed by atoms with Gasteiger partial charge < -0.3 is 0 Å². The van der Waals surface area contributed by atoms with E-state index in [2.05, 4.69) is 75.1 Å². The zero-order chi connectivity index (χ0) is 48.0. The predicted molar refractivity (Wildman–Crippen MR) is 316 cm³/mol. The van der Waals surface area contributed by atoms with Crippen molar-refractivity contribution >= 4 is 35.3 Å². The summed E-state index contributed by atoms with van der Waals surface area (Å²) >= 11 is 6.66. The van der Waals surface area contributed by atoms with E-state index in [-0.39, 0.29) is 0 Å². The molecule has 0 unspecified atom stereocenters. The van der Waals surface area contributed by atoms with Gasteiger partial charge in [-0.1, -0.05) is 323 Å². The molecule has 0 saturated heterocycles. The number of aryl methyl sites for hydroxylation is 1. The van der Waals surface area contributed by atoms with Crippen LogP contribution in [0.5, 0.6) is 0 Å². The van der Waals surface area contributed by atoms with Gasteiger partial charge in [0.05, 0.1) is 0 Å². The quantitative estimate of drug-likeness (QED) is 0.0472. The zero-order valence-corrected chi connectivity index (χ0v) is 49.0. The summed E-state index contributed by atoms with van der Waals surface area (Å²) in [5, 5.41) is 0. The molecule has 1 rings (SSSR count). The summed E-state index contributed by atoms with van der Waals surface area (Å²) in [6, 6.07) is 5.28. The molecule has 1 aromatic carbocycles. The normalized spacial score (nSPS) is 11.7. The molecule has 0 saturated carbocycles. The smallest absolute Gasteiger partial charge is 0.0344 e. The van der Waals surface area contributed by atoms with Gasteiger partial charge in [0.2, 0.25) is 0 Å². The van der Waals surface area contributed by atoms with Gasteiger partial charge in [-0.2, -0.15) is 0 Å². The summed E-state index contributed by atoms with van der Waals surface area (Å²) in [7, 11) is 0. The maximum Gasteiger partial charge on any atom is 0.0344 e. The van der Waals surface area contributed by atoms with Crippen LogP contribution in [-0.4, -0.2) is 17.3 Å². The predicted octanol–water partition coefficient (Wildman–Crippen LogP) is 25.1. The molecule has 0 nitrogen and oxygen atoms in total. The third-order valence-corrected chi connectivity index (χ3v) is 18.4. The third kappa shape index (κ3) is 45.8. The second kappa shape index (κ2) is 55.6. The fraction of sp³-hybridized carbons (Fsp3) is 0.906. The molecule has 0 radical (unpaired) electrons. The van der Waals surface area contributed by atoms with Gasteiger partial charge in [0, 0.05) is 14.7 Å². The van der Waals surface area contributed by atoms with Gasteiger partial charge >= 0.3 is 0 Å². The van der Waals surface area contributed by atoms with E-state index in [1.54, 1.807) is 20.2 Å². The maximum atomic E-state index is 2.64. The second-order valence-corrected chi connectivity index (χ2v) is 24.9. The average molecular weight is 988 g/mol. The van der Waals surface area contributed by atoms with Crippen LogP contribution in [0.25, 0.3) is 0 Å². The van der Waals surface area contributed by atoms with Crippen LogP contribution in [-0.2, 0) is 6.42 Å². The average Bonchev–Trinajstić information content (AvgIpc) is 3.34. The van der Waals surface area contributed by atoms with Gasteiger partial charge in [-0.25, -0.2) is 0 Å². The van der Waals surface area contributed by atoms with E-state index in [9.17, 15) is 0 Å². The van der Waals surface area contributed by atoms with E-state index >= 15 is 0 Å². The van der Waals surface area contributed by atoms with Crippen LogP contribution in [0.1, 0.15) is 354 Å². The minimum atomic E-state index is 1.25. The Morgan fingerprint density at radius 1 is 0.224 bits per heavy atom. The molecule has 0 aliphatic carbocycles. The van der Waals surface area contributed by atoms with Crippen LogP contribution in [0.2, 0.25) is 0 Å². The van der Waals surface area contributed by atoms with Crippen molar-refractivity contribution in [3.8, 4) is 0 Å². The van der Waals surface area contributed by atoms with Crippen molar-refractivity contribution in [2.45, 2.75) is 370 Å². The van der Waals surface area contributed by atoms with E-state index in [1.807, 2.05) is 0 Å². The molecule has 0 aliphatic rings. The largest absolute Gasteiger partial charge is 0.125 e. The molecule has 0 N–H and O–H groups in total. The van der Waals surface area contributed by atoms with E-state index < -0.39 is 0 Å². The molecule has 0 amide bonds. The Bertz CT molecular complexity index is 1020. The SMILES string of the molecule is CCCCCCCCCCCCCCCCCCSc1cc(CCCC)cc(SCCCCCCCCCCCCCCCCCC)c1SCCCCCCCCCCCCCCCCCC. The lowest BCUT2D eigenvalue weighted by Gasteiger charge is -2.17. The Hall–Kier alpha value is 0.270. The van der Waals surface area contributed by atoms with Crippen LogP contribution >= 0.6 is 35.3 Å². The maximum absolute atomic E-state index is 2.64. The molecular weight excluding hydrogens is 865 g/mol. The first-order valence-electron chi connectivity index (χ1n) is 31.3. The van der Waals surface area contributed by atoms with Crippen molar-refractivity contribution in [1.29, 1.82) is 0 Å². The zero-order valence-electron chi connectivity index (χ0n) is 46.6. The van der Waals surface area contributed by atoms with Crippen LogP contribution in [0, 0.1) is 0 Å². The van der Waals surface area contributed by atoms with Crippen molar-refractivity contribution in [2.75, 3.05) is 17.3 Å². The first-order valence-corrected chi connectivity index (χ1v) is 34.3. The summed E-state index contributed by atoms with van der Waals surface area (Å²) in [4.78, 5) is 4.92. The minimum absolute atomic E-state index is 1.25. The molecule has 0 aliphatic heterocycles. The number of hydrogen-bond donors (Lipinski definition) is 0. The van der Waals surface area contributed by atoms with E-state index in [1.165, 1.54) is 345 Å². The van der Waals surface area contributed by atoms with Crippen molar-refractivity contribution in [3.05, 3.63) is 17.7 Å². The van der Waals surface area contributed by atoms with E-state index in [4.69, 9.17) is 0 Å². The van der Waals surface area contributed by atoms with Gasteiger partial charge in [-0.15, -0.1) is 35.3 Å². The second-order valence-electron chi connectivity index (χ2n) is 21.5. The Morgan fingerprint density at radius 3 is 0.642 bits per heavy atom. The number of rotatable bonds is 57. The molecule has 0 fully saturated rings. The molecule has 3 heteroatoms. The number of hydrogen-bond acceptors (Lipinski definition) is 3. The summed E-state index contributed by atoms with van der Waals surface area (Å²) in [6.07, 6.45) is 73.5. The van der Waals surface area contributed by atoms with Crippen molar-refractivity contribution in [3.63, 3.8) is 0 Å². The van der Waals surface area contributed by atoms with Gasteiger partial charge in [0.15, 0.2) is 0 Å². The molecular formula is C64H122S3. The van der Waals surface area contributed by atoms with Gasteiger partial charge in [-0.3, -0.25) is 0 Å². The number of thioether (sulfide) groups is 3. The summed E-state index contributed by atoms with van der Waals surface area (Å²) in [6.45, 7) is 9.33. The summed E-state index contributed by atoms with van der Waals surface area (Å²) in [5.41, 5.74) is 1.61. The fourth-order valence-corrected chi connectivity index (χ4v) is 13.8. The highest BCUT2D eigenvalue weighted by molar-refractivity contribution is 8.03. The molecule has 396 valence electrons. The molecule has 0 bridgehead atoms. The lowest BCUT2D eigenvalue weighted by atomic mass is 10.0. The minimum Gasteiger partial charge on any atom is -0.125 e. The summed E-state index contributed by atoms with van der Waals surface area (Å²) < 4.78 is 0. The molecule has 0 atom stereocenters. The topological polar surface area (TPSA) is 0 Å². The van der Waals surface area contributed by atoms with Crippen LogP contribution < -0.4 is 0 Å². The molecule has 67 heavy (non-hydrogen) atoms. The van der Waals surface area contributed by atoms with Crippen LogP contribution in [0.4, 0.5) is 0 Å². The van der Waals surface area contributed by atoms with Crippen LogP contribution in [0.3, 0.4) is 0 Å². The number of unbranched alkanes of at least 4 members (excludes halogenated alkanes) is 46. The van der Waals surface area contributed by atoms with Crippen molar-refractivity contribution < 1.29 is 0 Å². The third-order valence-electron chi connectivity index (χ3n) is 14.7. The highest BCUT2D eigenvalue weighted by Crippen LogP contribution is 2.41. The summed E-state index contributed by atoms with van der Waals surface area (Å²) in [5.74, 6) is 3.89. The molecule has 0 heterocycles. The van der Waals surface area contributed by atoms with Crippen molar-refractivity contribution in [2.24, 2.45) is 0 Å². The Kier molecular flexibility index (Phi) is 54.2. The highest BCUT2D eigenvalue weighted by atomic mass is 32.2. The first kappa shape index (κ1) is 65.3. The van der Waals surface area contributed by atoms with E-state index in [0.29, 0.717) is 0 Å². The Balaban J connectivity index is 2.50. The Morgan fingerprint density at radius 2 is 0.418 bits per heavy atom. The van der Waals surface area contributed by atoms with Crippen LogP contribution in [0.15, 0.2) is 26.8 Å². The molecule has 0 spiro atoms. The lowest BCUT2D eigenvalue weighted by Crippen LogP contribution is -1.95. The lowest BCUT2D eigenvalue weighted by molar-refractivity contribution is 0.531.